The fraction of sp³-hybridized carbons (Fsp3) is 0.400. The van der Waals surface area contributed by atoms with Gasteiger partial charge in [0.2, 0.25) is 11.9 Å². The lowest BCUT2D eigenvalue weighted by molar-refractivity contribution is 0.0735. The molecule has 12 heteroatoms. The lowest BCUT2D eigenvalue weighted by atomic mass is 10.1. The zero-order valence-electron chi connectivity index (χ0n) is 20.4. The average molecular weight is 506 g/mol. The van der Waals surface area contributed by atoms with Crippen LogP contribution in [-0.2, 0) is 11.2 Å². The number of hydrogen-bond donors (Lipinski definition) is 2. The van der Waals surface area contributed by atoms with Gasteiger partial charge in [0.25, 0.3) is 5.91 Å². The first-order valence-electron chi connectivity index (χ1n) is 12.5. The predicted octanol–water partition coefficient (Wildman–Crippen LogP) is 1.23. The molecule has 0 unspecified atom stereocenters. The lowest BCUT2D eigenvalue weighted by Crippen LogP contribution is -2.46. The van der Waals surface area contributed by atoms with Crippen LogP contribution >= 0.6 is 0 Å². The number of benzene rings is 1. The molecular formula is C25H28FN9O2. The van der Waals surface area contributed by atoms with Crippen molar-refractivity contribution in [3.05, 3.63) is 47.5 Å². The summed E-state index contributed by atoms with van der Waals surface area (Å²) in [6, 6.07) is 4.69. The number of aromatic nitrogens is 4. The topological polar surface area (TPSA) is 126 Å². The van der Waals surface area contributed by atoms with E-state index in [-0.39, 0.29) is 11.9 Å². The van der Waals surface area contributed by atoms with Crippen LogP contribution in [0.5, 0.6) is 0 Å². The molecule has 3 N–H and O–H groups in total. The van der Waals surface area contributed by atoms with Crippen LogP contribution < -0.4 is 20.9 Å². The number of nitrogens with one attached hydrogen (secondary N) is 1. The van der Waals surface area contributed by atoms with Gasteiger partial charge in [-0.25, -0.2) is 19.3 Å². The minimum absolute atomic E-state index is 0.156. The summed E-state index contributed by atoms with van der Waals surface area (Å²) in [5.41, 5.74) is 8.75. The Labute approximate surface area is 213 Å². The smallest absolute Gasteiger partial charge is 0.254 e. The number of morpholine rings is 1. The number of ether oxygens (including phenoxy) is 1. The Morgan fingerprint density at radius 2 is 1.78 bits per heavy atom. The molecule has 6 rings (SSSR count). The highest BCUT2D eigenvalue weighted by atomic mass is 19.1. The van der Waals surface area contributed by atoms with Crippen LogP contribution in [0.1, 0.15) is 15.9 Å². The van der Waals surface area contributed by atoms with E-state index >= 15 is 4.39 Å². The first-order valence-corrected chi connectivity index (χ1v) is 12.5. The highest BCUT2D eigenvalue weighted by Crippen LogP contribution is 2.40. The molecule has 3 aliphatic rings. The van der Waals surface area contributed by atoms with Crippen molar-refractivity contribution in [1.29, 1.82) is 0 Å². The molecule has 2 aromatic heterocycles. The van der Waals surface area contributed by atoms with E-state index in [0.29, 0.717) is 81.1 Å². The number of fused-ring (bicyclic) bond motifs is 1. The van der Waals surface area contributed by atoms with E-state index in [2.05, 4.69) is 20.2 Å². The Morgan fingerprint density at radius 3 is 2.51 bits per heavy atom. The summed E-state index contributed by atoms with van der Waals surface area (Å²) >= 11 is 0. The molecule has 3 aliphatic heterocycles. The van der Waals surface area contributed by atoms with Crippen LogP contribution in [-0.4, -0.2) is 89.8 Å². The van der Waals surface area contributed by atoms with E-state index < -0.39 is 5.82 Å². The van der Waals surface area contributed by atoms with Crippen molar-refractivity contribution in [2.75, 3.05) is 74.6 Å². The molecular weight excluding hydrogens is 477 g/mol. The van der Waals surface area contributed by atoms with Crippen molar-refractivity contribution in [1.82, 2.24) is 30.2 Å². The van der Waals surface area contributed by atoms with Gasteiger partial charge in [-0.05, 0) is 24.6 Å². The maximum absolute atomic E-state index is 15.5. The molecule has 1 amide bonds. The molecule has 2 saturated heterocycles. The summed E-state index contributed by atoms with van der Waals surface area (Å²) in [6.07, 6.45) is 3.92. The van der Waals surface area contributed by atoms with Crippen molar-refractivity contribution in [3.63, 3.8) is 0 Å². The quantitative estimate of drug-likeness (QED) is 0.535. The normalized spacial score (nSPS) is 17.7. The number of hydrogen-bond acceptors (Lipinski definition) is 10. The number of nitrogens with zero attached hydrogens (tertiary/aromatic N) is 7. The van der Waals surface area contributed by atoms with Gasteiger partial charge in [0.05, 0.1) is 24.6 Å². The number of carbonyl (C=O) groups excluding carboxylic acids is 1. The summed E-state index contributed by atoms with van der Waals surface area (Å²) in [7, 11) is 0. The minimum atomic E-state index is -0.460. The van der Waals surface area contributed by atoms with Gasteiger partial charge >= 0.3 is 0 Å². The highest BCUT2D eigenvalue weighted by molar-refractivity contribution is 5.95. The second-order valence-corrected chi connectivity index (χ2v) is 9.21. The van der Waals surface area contributed by atoms with Gasteiger partial charge in [0.15, 0.2) is 0 Å². The SMILES string of the molecule is Nc1ncc(-c2nc(N3CCOCC3)nc3c2CCN3c2ccc(C(=O)N3CCNCC3)cc2F)cn1. The third-order valence-corrected chi connectivity index (χ3v) is 6.94. The van der Waals surface area contributed by atoms with E-state index in [1.165, 1.54) is 6.07 Å². The predicted molar refractivity (Wildman–Crippen MR) is 136 cm³/mol. The molecule has 5 heterocycles. The van der Waals surface area contributed by atoms with Crippen LogP contribution in [0.3, 0.4) is 0 Å². The first-order chi connectivity index (χ1) is 18.1. The third-order valence-electron chi connectivity index (χ3n) is 6.94. The molecule has 0 aliphatic carbocycles. The number of carbonyl (C=O) groups is 1. The van der Waals surface area contributed by atoms with E-state index in [4.69, 9.17) is 20.4 Å². The molecule has 0 bridgehead atoms. The number of nitrogens with two attached hydrogens (primary N) is 1. The molecule has 11 nitrogen and oxygen atoms in total. The fourth-order valence-electron chi connectivity index (χ4n) is 4.99. The molecule has 0 atom stereocenters. The molecule has 0 radical (unpaired) electrons. The second kappa shape index (κ2) is 9.87. The van der Waals surface area contributed by atoms with Crippen molar-refractivity contribution < 1.29 is 13.9 Å². The molecule has 3 aromatic rings. The third kappa shape index (κ3) is 4.53. The first kappa shape index (κ1) is 23.5. The largest absolute Gasteiger partial charge is 0.378 e. The monoisotopic (exact) mass is 505 g/mol. The van der Waals surface area contributed by atoms with Crippen LogP contribution in [0.2, 0.25) is 0 Å². The lowest BCUT2D eigenvalue weighted by Gasteiger charge is -2.29. The summed E-state index contributed by atoms with van der Waals surface area (Å²) < 4.78 is 21.0. The number of nitrogen functional groups attached to an aromatic ring is 1. The number of piperazine rings is 1. The Morgan fingerprint density at radius 1 is 1.03 bits per heavy atom. The van der Waals surface area contributed by atoms with Gasteiger partial charge in [0.1, 0.15) is 11.6 Å². The zero-order valence-corrected chi connectivity index (χ0v) is 20.4. The van der Waals surface area contributed by atoms with E-state index in [0.717, 1.165) is 24.2 Å². The minimum Gasteiger partial charge on any atom is -0.378 e. The molecule has 2 fully saturated rings. The molecule has 37 heavy (non-hydrogen) atoms. The number of amides is 1. The highest BCUT2D eigenvalue weighted by Gasteiger charge is 2.31. The Hall–Kier alpha value is -3.90. The maximum Gasteiger partial charge on any atom is 0.254 e. The molecule has 0 spiro atoms. The summed E-state index contributed by atoms with van der Waals surface area (Å²) in [5.74, 6) is 0.756. The van der Waals surface area contributed by atoms with Crippen molar-refractivity contribution in [2.24, 2.45) is 0 Å². The Balaban J connectivity index is 1.37. The van der Waals surface area contributed by atoms with Gasteiger partial charge in [0, 0.05) is 74.9 Å². The van der Waals surface area contributed by atoms with Crippen LogP contribution in [0, 0.1) is 5.82 Å². The van der Waals surface area contributed by atoms with Gasteiger partial charge in [-0.1, -0.05) is 0 Å². The molecule has 192 valence electrons. The Kier molecular flexibility index (Phi) is 6.26. The van der Waals surface area contributed by atoms with Crippen LogP contribution in [0.4, 0.5) is 27.8 Å². The van der Waals surface area contributed by atoms with E-state index in [1.54, 1.807) is 29.4 Å². The summed E-state index contributed by atoms with van der Waals surface area (Å²) in [5, 5.41) is 3.22. The van der Waals surface area contributed by atoms with Gasteiger partial charge in [-0.3, -0.25) is 4.79 Å². The zero-order chi connectivity index (χ0) is 25.4. The molecule has 0 saturated carbocycles. The van der Waals surface area contributed by atoms with E-state index in [9.17, 15) is 4.79 Å². The average Bonchev–Trinajstić information content (AvgIpc) is 3.37. The Bertz CT molecular complexity index is 1310. The number of rotatable bonds is 4. The van der Waals surface area contributed by atoms with Crippen molar-refractivity contribution in [2.45, 2.75) is 6.42 Å². The standard InChI is InChI=1S/C25H28FN9O2/c26-19-13-16(23(36)33-7-4-28-5-8-33)1-2-20(19)35-6-3-18-21(17-14-29-24(27)30-15-17)31-25(32-22(18)35)34-9-11-37-12-10-34/h1-2,13-15,28H,3-12H2,(H2,27,29,30). The van der Waals surface area contributed by atoms with E-state index in [1.807, 2.05) is 4.90 Å². The van der Waals surface area contributed by atoms with Gasteiger partial charge in [-0.2, -0.15) is 4.98 Å². The summed E-state index contributed by atoms with van der Waals surface area (Å²) in [6.45, 7) is 5.72. The molecule has 1 aromatic carbocycles. The fourth-order valence-corrected chi connectivity index (χ4v) is 4.99. The summed E-state index contributed by atoms with van der Waals surface area (Å²) in [4.78, 5) is 36.6. The number of anilines is 4. The van der Waals surface area contributed by atoms with Crippen LogP contribution in [0.15, 0.2) is 30.6 Å². The van der Waals surface area contributed by atoms with Crippen molar-refractivity contribution in [3.8, 4) is 11.3 Å². The van der Waals surface area contributed by atoms with Crippen LogP contribution in [0.25, 0.3) is 11.3 Å². The van der Waals surface area contributed by atoms with Gasteiger partial charge in [-0.15, -0.1) is 0 Å². The maximum atomic E-state index is 15.5. The number of halogens is 1. The van der Waals surface area contributed by atoms with Gasteiger partial charge < -0.3 is 30.5 Å². The van der Waals surface area contributed by atoms with Crippen molar-refractivity contribution >= 4 is 29.3 Å². The second-order valence-electron chi connectivity index (χ2n) is 9.21.